The van der Waals surface area contributed by atoms with Crippen LogP contribution in [0.4, 0.5) is 0 Å². The number of allylic oxidation sites excluding steroid dienone is 2. The summed E-state index contributed by atoms with van der Waals surface area (Å²) < 4.78 is 4.10. The number of benzene rings is 1. The Balaban J connectivity index is 1.85. The Morgan fingerprint density at radius 2 is 1.85 bits per heavy atom. The number of phenols is 1. The summed E-state index contributed by atoms with van der Waals surface area (Å²) in [4.78, 5) is 49.5. The van der Waals surface area contributed by atoms with E-state index in [1.165, 1.54) is 22.5 Å². The number of phenolic OH excluding ortho intramolecular Hbond substituents is 1. The van der Waals surface area contributed by atoms with Gasteiger partial charge in [-0.2, -0.15) is 0 Å². The molecule has 2 aromatic rings. The molecule has 2 fully saturated rings. The molecule has 5 rings (SSSR count). The van der Waals surface area contributed by atoms with Gasteiger partial charge in [0, 0.05) is 29.4 Å². The summed E-state index contributed by atoms with van der Waals surface area (Å²) in [7, 11) is 1.36. The van der Waals surface area contributed by atoms with E-state index in [0.29, 0.717) is 10.0 Å². The summed E-state index contributed by atoms with van der Waals surface area (Å²) in [6.45, 7) is 0.0541. The van der Waals surface area contributed by atoms with E-state index in [2.05, 4.69) is 31.9 Å². The Morgan fingerprint density at radius 1 is 1.15 bits per heavy atom. The minimum Gasteiger partial charge on any atom is -0.508 e. The first-order valence-corrected chi connectivity index (χ1v) is 12.5. The number of nitrogens with zero attached hydrogens (tertiary/aromatic N) is 4. The van der Waals surface area contributed by atoms with E-state index in [9.17, 15) is 24.3 Å². The van der Waals surface area contributed by atoms with Gasteiger partial charge >= 0.3 is 11.4 Å². The Bertz CT molecular complexity index is 1400. The van der Waals surface area contributed by atoms with Crippen molar-refractivity contribution >= 4 is 66.9 Å². The van der Waals surface area contributed by atoms with E-state index in [1.807, 2.05) is 0 Å². The lowest BCUT2D eigenvalue weighted by molar-refractivity contribution is -0.138. The van der Waals surface area contributed by atoms with Crippen LogP contribution in [-0.2, 0) is 23.2 Å². The van der Waals surface area contributed by atoms with E-state index in [-0.39, 0.29) is 29.7 Å². The van der Waals surface area contributed by atoms with Crippen molar-refractivity contribution in [1.29, 1.82) is 0 Å². The van der Waals surface area contributed by atoms with E-state index in [4.69, 9.17) is 23.2 Å². The standard InChI is InChI=1S/C20H16Br2Cl2N4O5/c1-25-17(32)27-5-4-10-12(28(27)18(25)33)7-19(23)15(30)26(8-21)16(31)20(19,24)14(10)11-6-9(22)2-3-13(11)29/h2-4,6,12,14,29H,5,7-8H2,1H3/t12-,14-,19-,20+/m1/s1. The fourth-order valence-electron chi connectivity index (χ4n) is 5.23. The minimum absolute atomic E-state index is 0.0541. The largest absolute Gasteiger partial charge is 0.508 e. The summed E-state index contributed by atoms with van der Waals surface area (Å²) in [5, 5.41) is 10.8. The Hall–Kier alpha value is -1.82. The molecule has 1 N–H and O–H groups in total. The van der Waals surface area contributed by atoms with Crippen LogP contribution >= 0.6 is 55.1 Å². The third-order valence-electron chi connectivity index (χ3n) is 6.77. The summed E-state index contributed by atoms with van der Waals surface area (Å²) >= 11 is 20.6. The summed E-state index contributed by atoms with van der Waals surface area (Å²) in [6, 6.07) is 3.83. The molecule has 174 valence electrons. The molecule has 0 unspecified atom stereocenters. The van der Waals surface area contributed by atoms with Gasteiger partial charge < -0.3 is 5.11 Å². The number of carbonyl (C=O) groups is 2. The summed E-state index contributed by atoms with van der Waals surface area (Å²) in [5.74, 6) is -2.61. The first-order chi connectivity index (χ1) is 15.5. The molecule has 4 atom stereocenters. The number of aromatic hydroxyl groups is 1. The van der Waals surface area contributed by atoms with Crippen LogP contribution in [0.2, 0.25) is 0 Å². The van der Waals surface area contributed by atoms with Crippen molar-refractivity contribution in [2.75, 3.05) is 5.45 Å². The number of amides is 2. The smallest absolute Gasteiger partial charge is 0.347 e. The monoisotopic (exact) mass is 620 g/mol. The van der Waals surface area contributed by atoms with Crippen LogP contribution in [0.15, 0.2) is 43.9 Å². The van der Waals surface area contributed by atoms with Crippen molar-refractivity contribution in [3.8, 4) is 5.75 Å². The van der Waals surface area contributed by atoms with E-state index < -0.39 is 44.9 Å². The minimum atomic E-state index is -1.97. The molecule has 33 heavy (non-hydrogen) atoms. The van der Waals surface area contributed by atoms with Gasteiger partial charge in [-0.05, 0) is 23.8 Å². The van der Waals surface area contributed by atoms with Crippen molar-refractivity contribution in [2.24, 2.45) is 7.05 Å². The average Bonchev–Trinajstić information content (AvgIpc) is 3.08. The summed E-state index contributed by atoms with van der Waals surface area (Å²) in [5.41, 5.74) is -0.411. The van der Waals surface area contributed by atoms with Gasteiger partial charge in [0.05, 0.1) is 18.0 Å². The second-order valence-corrected chi connectivity index (χ2v) is 10.9. The molecule has 0 bridgehead atoms. The number of hydrogen-bond acceptors (Lipinski definition) is 5. The number of carbonyl (C=O) groups excluding carboxylic acids is 2. The molecule has 3 aliphatic rings. The number of halogens is 4. The van der Waals surface area contributed by atoms with Crippen molar-refractivity contribution in [3.05, 3.63) is 60.9 Å². The molecule has 9 nitrogen and oxygen atoms in total. The zero-order chi connectivity index (χ0) is 24.0. The number of fused-ring (bicyclic) bond motifs is 4. The maximum atomic E-state index is 13.5. The summed E-state index contributed by atoms with van der Waals surface area (Å²) in [6.07, 6.45) is 1.53. The highest BCUT2D eigenvalue weighted by Gasteiger charge is 2.75. The zero-order valence-corrected chi connectivity index (χ0v) is 21.7. The molecule has 2 amide bonds. The van der Waals surface area contributed by atoms with Gasteiger partial charge in [0.15, 0.2) is 9.75 Å². The molecule has 2 aliphatic heterocycles. The number of imide groups is 1. The molecule has 13 heteroatoms. The van der Waals surface area contributed by atoms with Gasteiger partial charge in [-0.15, -0.1) is 23.2 Å². The maximum absolute atomic E-state index is 13.5. The molecule has 1 aliphatic carbocycles. The van der Waals surface area contributed by atoms with Crippen molar-refractivity contribution in [1.82, 2.24) is 18.8 Å². The lowest BCUT2D eigenvalue weighted by atomic mass is 9.64. The fraction of sp³-hybridized carbons (Fsp3) is 0.400. The lowest BCUT2D eigenvalue weighted by Crippen LogP contribution is -2.59. The predicted octanol–water partition coefficient (Wildman–Crippen LogP) is 2.16. The topological polar surface area (TPSA) is 107 Å². The van der Waals surface area contributed by atoms with Crippen molar-refractivity contribution in [2.45, 2.75) is 34.7 Å². The SMILES string of the molecule is Cn1c(=O)n2n(c1=O)[C@@H]1C[C@@]3(Cl)C(=O)N(CBr)C(=O)[C@@]3(Cl)[C@@H](c3cc(Br)ccc3O)C1=CC2. The van der Waals surface area contributed by atoms with E-state index in [1.54, 1.807) is 18.2 Å². The molecule has 1 aromatic heterocycles. The maximum Gasteiger partial charge on any atom is 0.347 e. The average molecular weight is 623 g/mol. The van der Waals surface area contributed by atoms with Crippen LogP contribution in [0, 0.1) is 0 Å². The third-order valence-corrected chi connectivity index (χ3v) is 9.18. The quantitative estimate of drug-likeness (QED) is 0.239. The van der Waals surface area contributed by atoms with Crippen LogP contribution in [0.25, 0.3) is 0 Å². The van der Waals surface area contributed by atoms with Crippen molar-refractivity contribution < 1.29 is 14.7 Å². The fourth-order valence-corrected chi connectivity index (χ4v) is 7.00. The number of alkyl halides is 3. The molecular formula is C20H16Br2Cl2N4O5. The van der Waals surface area contributed by atoms with Gasteiger partial charge in [0.25, 0.3) is 11.8 Å². The van der Waals surface area contributed by atoms with Crippen LogP contribution in [-0.4, -0.2) is 51.0 Å². The molecule has 0 radical (unpaired) electrons. The molecule has 1 saturated heterocycles. The molecule has 0 spiro atoms. The predicted molar refractivity (Wildman–Crippen MR) is 127 cm³/mol. The number of rotatable bonds is 2. The molecule has 1 aromatic carbocycles. The van der Waals surface area contributed by atoms with Gasteiger partial charge in [-0.3, -0.25) is 14.5 Å². The number of likely N-dealkylation sites (tertiary alicyclic amines) is 1. The van der Waals surface area contributed by atoms with E-state index in [0.717, 1.165) is 9.47 Å². The number of aromatic nitrogens is 3. The Morgan fingerprint density at radius 3 is 2.52 bits per heavy atom. The van der Waals surface area contributed by atoms with Gasteiger partial charge in [0.1, 0.15) is 5.75 Å². The molecular weight excluding hydrogens is 607 g/mol. The second kappa shape index (κ2) is 7.34. The molecule has 1 saturated carbocycles. The lowest BCUT2D eigenvalue weighted by Gasteiger charge is -2.49. The molecule has 3 heterocycles. The first-order valence-electron chi connectivity index (χ1n) is 9.86. The normalized spacial score (nSPS) is 30.7. The highest BCUT2D eigenvalue weighted by molar-refractivity contribution is 9.10. The van der Waals surface area contributed by atoms with Gasteiger partial charge in [-0.25, -0.2) is 23.5 Å². The van der Waals surface area contributed by atoms with E-state index >= 15 is 0 Å². The zero-order valence-electron chi connectivity index (χ0n) is 17.0. The van der Waals surface area contributed by atoms with Crippen LogP contribution in [0.3, 0.4) is 0 Å². The van der Waals surface area contributed by atoms with Gasteiger partial charge in [-0.1, -0.05) is 37.9 Å². The van der Waals surface area contributed by atoms with Crippen LogP contribution < -0.4 is 11.4 Å². The Kier molecular flexibility index (Phi) is 5.10. The third kappa shape index (κ3) is 2.70. The number of hydrogen-bond donors (Lipinski definition) is 1. The highest BCUT2D eigenvalue weighted by atomic mass is 79.9. The second-order valence-electron chi connectivity index (χ2n) is 8.28. The Labute approximate surface area is 213 Å². The highest BCUT2D eigenvalue weighted by Crippen LogP contribution is 2.64. The van der Waals surface area contributed by atoms with Gasteiger partial charge in [0.2, 0.25) is 0 Å². The van der Waals surface area contributed by atoms with Crippen molar-refractivity contribution in [3.63, 3.8) is 0 Å². The van der Waals surface area contributed by atoms with Crippen LogP contribution in [0.5, 0.6) is 5.75 Å². The first kappa shape index (κ1) is 22.9. The van der Waals surface area contributed by atoms with Crippen LogP contribution in [0.1, 0.15) is 23.9 Å².